The van der Waals surface area contributed by atoms with Crippen molar-refractivity contribution >= 4 is 29.0 Å². The van der Waals surface area contributed by atoms with Crippen LogP contribution in [0.4, 0.5) is 24.7 Å². The first kappa shape index (κ1) is 19.1. The summed E-state index contributed by atoms with van der Waals surface area (Å²) in [5, 5.41) is 5.65. The summed E-state index contributed by atoms with van der Waals surface area (Å²) in [7, 11) is 0. The van der Waals surface area contributed by atoms with Gasteiger partial charge < -0.3 is 10.6 Å². The van der Waals surface area contributed by atoms with Gasteiger partial charge in [0.25, 0.3) is 5.91 Å². The second-order valence-corrected chi connectivity index (χ2v) is 6.86. The molecule has 1 aromatic heterocycles. The molecule has 0 spiro atoms. The number of nitrogens with one attached hydrogen (secondary N) is 2. The topological polar surface area (TPSA) is 54.0 Å². The van der Waals surface area contributed by atoms with E-state index in [1.807, 2.05) is 20.8 Å². The Hall–Kier alpha value is -2.28. The second-order valence-electron chi connectivity index (χ2n) is 6.45. The summed E-state index contributed by atoms with van der Waals surface area (Å²) < 4.78 is 38.4. The number of halogens is 4. The van der Waals surface area contributed by atoms with Crippen molar-refractivity contribution in [2.75, 3.05) is 5.32 Å². The molecule has 0 aliphatic carbocycles. The zero-order valence-corrected chi connectivity index (χ0v) is 14.6. The SMILES string of the molecule is CC(C)(C)NC(=O)c1ccc(Nc2cc(C(F)(F)F)ccc2Cl)nc1. The smallest absolute Gasteiger partial charge is 0.347 e. The van der Waals surface area contributed by atoms with Crippen molar-refractivity contribution in [3.05, 3.63) is 52.7 Å². The summed E-state index contributed by atoms with van der Waals surface area (Å²) in [6.07, 6.45) is -3.13. The fourth-order valence-corrected chi connectivity index (χ4v) is 2.12. The van der Waals surface area contributed by atoms with Gasteiger partial charge in [0, 0.05) is 11.7 Å². The first-order chi connectivity index (χ1) is 11.5. The lowest BCUT2D eigenvalue weighted by atomic mass is 10.1. The van der Waals surface area contributed by atoms with Gasteiger partial charge in [-0.2, -0.15) is 13.2 Å². The zero-order valence-electron chi connectivity index (χ0n) is 13.8. The molecule has 0 saturated carbocycles. The Kier molecular flexibility index (Phi) is 5.27. The molecule has 134 valence electrons. The molecule has 0 saturated heterocycles. The van der Waals surface area contributed by atoms with Crippen molar-refractivity contribution in [3.63, 3.8) is 0 Å². The highest BCUT2D eigenvalue weighted by atomic mass is 35.5. The molecule has 0 atom stereocenters. The van der Waals surface area contributed by atoms with Gasteiger partial charge in [-0.15, -0.1) is 0 Å². The fraction of sp³-hybridized carbons (Fsp3) is 0.294. The Balaban J connectivity index is 2.18. The van der Waals surface area contributed by atoms with Crippen LogP contribution in [0.2, 0.25) is 5.02 Å². The van der Waals surface area contributed by atoms with Crippen LogP contribution in [0.15, 0.2) is 36.5 Å². The maximum Gasteiger partial charge on any atom is 0.416 e. The standard InChI is InChI=1S/C17H17ClF3N3O/c1-16(2,3)24-15(25)10-4-7-14(22-9-10)23-13-8-11(17(19,20)21)5-6-12(13)18/h4-9H,1-3H3,(H,22,23)(H,24,25). The number of aromatic nitrogens is 1. The van der Waals surface area contributed by atoms with E-state index in [9.17, 15) is 18.0 Å². The summed E-state index contributed by atoms with van der Waals surface area (Å²) in [4.78, 5) is 16.1. The Labute approximate surface area is 148 Å². The first-order valence-corrected chi connectivity index (χ1v) is 7.76. The molecule has 2 aromatic rings. The number of pyridine rings is 1. The van der Waals surface area contributed by atoms with Crippen LogP contribution in [0, 0.1) is 0 Å². The fourth-order valence-electron chi connectivity index (χ4n) is 1.95. The molecular weight excluding hydrogens is 355 g/mol. The van der Waals surface area contributed by atoms with Gasteiger partial charge in [0.2, 0.25) is 0 Å². The Bertz CT molecular complexity index is 768. The minimum atomic E-state index is -4.47. The van der Waals surface area contributed by atoms with Gasteiger partial charge in [-0.25, -0.2) is 4.98 Å². The number of rotatable bonds is 3. The summed E-state index contributed by atoms with van der Waals surface area (Å²) in [5.41, 5.74) is -0.786. The number of nitrogens with zero attached hydrogens (tertiary/aromatic N) is 1. The summed E-state index contributed by atoms with van der Waals surface area (Å²) in [6, 6.07) is 6.00. The van der Waals surface area contributed by atoms with Gasteiger partial charge in [0.05, 0.1) is 21.8 Å². The highest BCUT2D eigenvalue weighted by Gasteiger charge is 2.31. The summed E-state index contributed by atoms with van der Waals surface area (Å²) in [5.74, 6) is -0.0165. The molecular formula is C17H17ClF3N3O. The lowest BCUT2D eigenvalue weighted by molar-refractivity contribution is -0.137. The van der Waals surface area contributed by atoms with Gasteiger partial charge in [0.15, 0.2) is 0 Å². The van der Waals surface area contributed by atoms with E-state index in [0.717, 1.165) is 18.2 Å². The van der Waals surface area contributed by atoms with E-state index in [4.69, 9.17) is 11.6 Å². The molecule has 0 aliphatic heterocycles. The molecule has 25 heavy (non-hydrogen) atoms. The molecule has 2 rings (SSSR count). The Morgan fingerprint density at radius 2 is 1.80 bits per heavy atom. The third-order valence-electron chi connectivity index (χ3n) is 3.07. The van der Waals surface area contributed by atoms with E-state index in [-0.39, 0.29) is 28.0 Å². The normalized spacial score (nSPS) is 12.0. The molecule has 1 aromatic carbocycles. The summed E-state index contributed by atoms with van der Waals surface area (Å²) >= 11 is 5.93. The lowest BCUT2D eigenvalue weighted by Gasteiger charge is -2.20. The molecule has 4 nitrogen and oxygen atoms in total. The molecule has 2 N–H and O–H groups in total. The predicted octanol–water partition coefficient (Wildman–Crippen LogP) is 5.03. The van der Waals surface area contributed by atoms with Crippen molar-refractivity contribution in [1.29, 1.82) is 0 Å². The van der Waals surface area contributed by atoms with Crippen molar-refractivity contribution in [2.24, 2.45) is 0 Å². The third-order valence-corrected chi connectivity index (χ3v) is 3.40. The molecule has 8 heteroatoms. The van der Waals surface area contributed by atoms with Crippen molar-refractivity contribution < 1.29 is 18.0 Å². The van der Waals surface area contributed by atoms with Gasteiger partial charge in [0.1, 0.15) is 5.82 Å². The lowest BCUT2D eigenvalue weighted by Crippen LogP contribution is -2.40. The highest BCUT2D eigenvalue weighted by Crippen LogP contribution is 2.34. The van der Waals surface area contributed by atoms with E-state index in [0.29, 0.717) is 5.56 Å². The number of amides is 1. The quantitative estimate of drug-likeness (QED) is 0.796. The Morgan fingerprint density at radius 3 is 2.32 bits per heavy atom. The van der Waals surface area contributed by atoms with Crippen LogP contribution in [-0.4, -0.2) is 16.4 Å². The van der Waals surface area contributed by atoms with Crippen LogP contribution >= 0.6 is 11.6 Å². The first-order valence-electron chi connectivity index (χ1n) is 7.38. The van der Waals surface area contributed by atoms with Crippen LogP contribution in [0.5, 0.6) is 0 Å². The van der Waals surface area contributed by atoms with Gasteiger partial charge >= 0.3 is 6.18 Å². The van der Waals surface area contributed by atoms with Crippen molar-refractivity contribution in [2.45, 2.75) is 32.5 Å². The number of carbonyl (C=O) groups excluding carboxylic acids is 1. The van der Waals surface area contributed by atoms with Crippen LogP contribution in [-0.2, 0) is 6.18 Å². The molecule has 0 unspecified atom stereocenters. The van der Waals surface area contributed by atoms with Crippen LogP contribution in [0.25, 0.3) is 0 Å². The molecule has 0 fully saturated rings. The average molecular weight is 372 g/mol. The van der Waals surface area contributed by atoms with Crippen LogP contribution in [0.1, 0.15) is 36.7 Å². The van der Waals surface area contributed by atoms with Gasteiger partial charge in [-0.1, -0.05) is 11.6 Å². The van der Waals surface area contributed by atoms with Crippen LogP contribution in [0.3, 0.4) is 0 Å². The largest absolute Gasteiger partial charge is 0.416 e. The molecule has 0 radical (unpaired) electrons. The number of hydrogen-bond acceptors (Lipinski definition) is 3. The van der Waals surface area contributed by atoms with E-state index in [2.05, 4.69) is 15.6 Å². The molecule has 0 aliphatic rings. The third kappa shape index (κ3) is 5.35. The maximum atomic E-state index is 12.8. The number of carbonyl (C=O) groups is 1. The minimum Gasteiger partial charge on any atom is -0.347 e. The van der Waals surface area contributed by atoms with E-state index in [1.165, 1.54) is 18.3 Å². The number of alkyl halides is 3. The summed E-state index contributed by atoms with van der Waals surface area (Å²) in [6.45, 7) is 5.55. The van der Waals surface area contributed by atoms with Crippen LogP contribution < -0.4 is 10.6 Å². The highest BCUT2D eigenvalue weighted by molar-refractivity contribution is 6.33. The zero-order chi connectivity index (χ0) is 18.8. The minimum absolute atomic E-state index is 0.0795. The molecule has 1 heterocycles. The number of hydrogen-bond donors (Lipinski definition) is 2. The van der Waals surface area contributed by atoms with Gasteiger partial charge in [-0.05, 0) is 51.1 Å². The maximum absolute atomic E-state index is 12.8. The van der Waals surface area contributed by atoms with Crippen molar-refractivity contribution in [1.82, 2.24) is 10.3 Å². The van der Waals surface area contributed by atoms with Crippen molar-refractivity contribution in [3.8, 4) is 0 Å². The monoisotopic (exact) mass is 371 g/mol. The van der Waals surface area contributed by atoms with E-state index in [1.54, 1.807) is 0 Å². The number of anilines is 2. The van der Waals surface area contributed by atoms with E-state index < -0.39 is 11.7 Å². The van der Waals surface area contributed by atoms with E-state index >= 15 is 0 Å². The second kappa shape index (κ2) is 6.92. The predicted molar refractivity (Wildman–Crippen MR) is 91.2 cm³/mol. The molecule has 1 amide bonds. The Morgan fingerprint density at radius 1 is 1.12 bits per heavy atom. The van der Waals surface area contributed by atoms with Gasteiger partial charge in [-0.3, -0.25) is 4.79 Å². The number of benzene rings is 1. The molecule has 0 bridgehead atoms. The average Bonchev–Trinajstić information content (AvgIpc) is 2.47.